The maximum atomic E-state index is 6.11. The van der Waals surface area contributed by atoms with Crippen LogP contribution in [0.25, 0.3) is 0 Å². The number of hydrogen-bond acceptors (Lipinski definition) is 3. The summed E-state index contributed by atoms with van der Waals surface area (Å²) in [5.74, 6) is 1.72. The summed E-state index contributed by atoms with van der Waals surface area (Å²) >= 11 is 6.11. The van der Waals surface area contributed by atoms with Crippen molar-refractivity contribution in [3.63, 3.8) is 0 Å². The molecular formula is C11H14ClN3O. The van der Waals surface area contributed by atoms with Gasteiger partial charge in [-0.3, -0.25) is 4.68 Å². The molecule has 0 spiro atoms. The molecule has 0 bridgehead atoms. The smallest absolute Gasteiger partial charge is 0.127 e. The van der Waals surface area contributed by atoms with Crippen molar-refractivity contribution in [2.45, 2.75) is 13.0 Å². The molecule has 0 aliphatic carbocycles. The second-order valence-electron chi connectivity index (χ2n) is 3.67. The molecule has 2 rings (SSSR count). The Labute approximate surface area is 99.2 Å². The minimum Gasteiger partial charge on any atom is -0.464 e. The average Bonchev–Trinajstić information content (AvgIpc) is 2.80. The lowest BCUT2D eigenvalue weighted by Gasteiger charge is -2.14. The Bertz CT molecular complexity index is 470. The zero-order chi connectivity index (χ0) is 11.7. The lowest BCUT2D eigenvalue weighted by molar-refractivity contribution is 0.433. The molecule has 0 saturated carbocycles. The molecule has 0 aromatic carbocycles. The van der Waals surface area contributed by atoms with Gasteiger partial charge in [-0.05, 0) is 26.1 Å². The van der Waals surface area contributed by atoms with Gasteiger partial charge in [-0.25, -0.2) is 0 Å². The van der Waals surface area contributed by atoms with E-state index >= 15 is 0 Å². The zero-order valence-electron chi connectivity index (χ0n) is 9.49. The third kappa shape index (κ3) is 1.86. The predicted octanol–water partition coefficient (Wildman–Crippen LogP) is 2.28. The third-order valence-electron chi connectivity index (χ3n) is 2.55. The number of nitrogens with one attached hydrogen (secondary N) is 1. The molecule has 2 aromatic heterocycles. The van der Waals surface area contributed by atoms with Crippen molar-refractivity contribution < 1.29 is 4.42 Å². The topological polar surface area (TPSA) is 43.0 Å². The second kappa shape index (κ2) is 4.31. The minimum atomic E-state index is -0.0753. The van der Waals surface area contributed by atoms with Crippen molar-refractivity contribution in [2.24, 2.45) is 7.05 Å². The van der Waals surface area contributed by atoms with E-state index in [1.54, 1.807) is 10.9 Å². The van der Waals surface area contributed by atoms with E-state index in [4.69, 9.17) is 16.0 Å². The van der Waals surface area contributed by atoms with E-state index in [-0.39, 0.29) is 6.04 Å². The minimum absolute atomic E-state index is 0.0753. The molecular weight excluding hydrogens is 226 g/mol. The highest BCUT2D eigenvalue weighted by Crippen LogP contribution is 2.28. The molecule has 0 amide bonds. The van der Waals surface area contributed by atoms with Gasteiger partial charge in [0.25, 0.3) is 0 Å². The van der Waals surface area contributed by atoms with Gasteiger partial charge in [0.15, 0.2) is 0 Å². The fourth-order valence-corrected chi connectivity index (χ4v) is 2.04. The Balaban J connectivity index is 2.44. The van der Waals surface area contributed by atoms with Crippen LogP contribution in [0.1, 0.15) is 23.3 Å². The lowest BCUT2D eigenvalue weighted by Crippen LogP contribution is -2.20. The number of furan rings is 1. The molecule has 0 radical (unpaired) electrons. The van der Waals surface area contributed by atoms with Crippen LogP contribution in [0.5, 0.6) is 0 Å². The van der Waals surface area contributed by atoms with Crippen molar-refractivity contribution >= 4 is 11.6 Å². The molecule has 2 heterocycles. The Morgan fingerprint density at radius 2 is 2.25 bits per heavy atom. The Morgan fingerprint density at radius 3 is 2.69 bits per heavy atom. The van der Waals surface area contributed by atoms with Gasteiger partial charge in [-0.1, -0.05) is 11.6 Å². The highest BCUT2D eigenvalue weighted by Gasteiger charge is 2.21. The molecule has 16 heavy (non-hydrogen) atoms. The van der Waals surface area contributed by atoms with E-state index in [0.29, 0.717) is 5.02 Å². The average molecular weight is 240 g/mol. The quantitative estimate of drug-likeness (QED) is 0.894. The summed E-state index contributed by atoms with van der Waals surface area (Å²) in [5, 5.41) is 7.93. The normalized spacial score (nSPS) is 13.0. The molecule has 5 heteroatoms. The van der Waals surface area contributed by atoms with Crippen LogP contribution in [0.2, 0.25) is 5.02 Å². The molecule has 0 saturated heterocycles. The predicted molar refractivity (Wildman–Crippen MR) is 62.6 cm³/mol. The summed E-state index contributed by atoms with van der Waals surface area (Å²) in [6.07, 6.45) is 1.64. The molecule has 1 atom stereocenters. The molecule has 86 valence electrons. The van der Waals surface area contributed by atoms with Gasteiger partial charge in [0.1, 0.15) is 17.6 Å². The standard InChI is InChI=1S/C11H14ClN3O/c1-7-4-5-9(16-7)10(13-2)11-8(12)6-14-15(11)3/h4-6,10,13H,1-3H3. The van der Waals surface area contributed by atoms with Gasteiger partial charge < -0.3 is 9.73 Å². The highest BCUT2D eigenvalue weighted by atomic mass is 35.5. The van der Waals surface area contributed by atoms with Gasteiger partial charge in [-0.2, -0.15) is 5.10 Å². The van der Waals surface area contributed by atoms with E-state index in [1.807, 2.05) is 33.2 Å². The van der Waals surface area contributed by atoms with E-state index in [1.165, 1.54) is 0 Å². The molecule has 4 nitrogen and oxygen atoms in total. The molecule has 0 aliphatic heterocycles. The molecule has 2 aromatic rings. The van der Waals surface area contributed by atoms with Crippen LogP contribution in [0.4, 0.5) is 0 Å². The van der Waals surface area contributed by atoms with E-state index in [9.17, 15) is 0 Å². The van der Waals surface area contributed by atoms with E-state index in [2.05, 4.69) is 10.4 Å². The first-order valence-electron chi connectivity index (χ1n) is 5.04. The first kappa shape index (κ1) is 11.2. The Hall–Kier alpha value is -1.26. The monoisotopic (exact) mass is 239 g/mol. The summed E-state index contributed by atoms with van der Waals surface area (Å²) in [7, 11) is 3.73. The maximum Gasteiger partial charge on any atom is 0.127 e. The van der Waals surface area contributed by atoms with Gasteiger partial charge in [0.2, 0.25) is 0 Å². The van der Waals surface area contributed by atoms with Crippen molar-refractivity contribution in [1.82, 2.24) is 15.1 Å². The van der Waals surface area contributed by atoms with Crippen LogP contribution in [0, 0.1) is 6.92 Å². The Morgan fingerprint density at radius 1 is 1.50 bits per heavy atom. The molecule has 0 aliphatic rings. The summed E-state index contributed by atoms with van der Waals surface area (Å²) in [4.78, 5) is 0. The van der Waals surface area contributed by atoms with E-state index < -0.39 is 0 Å². The van der Waals surface area contributed by atoms with Gasteiger partial charge in [-0.15, -0.1) is 0 Å². The summed E-state index contributed by atoms with van der Waals surface area (Å²) in [6, 6.07) is 3.80. The number of halogens is 1. The number of hydrogen-bond donors (Lipinski definition) is 1. The number of aromatic nitrogens is 2. The highest BCUT2D eigenvalue weighted by molar-refractivity contribution is 6.31. The first-order chi connectivity index (χ1) is 7.63. The number of aryl methyl sites for hydroxylation is 2. The van der Waals surface area contributed by atoms with Crippen molar-refractivity contribution in [3.8, 4) is 0 Å². The third-order valence-corrected chi connectivity index (χ3v) is 2.84. The lowest BCUT2D eigenvalue weighted by atomic mass is 10.1. The second-order valence-corrected chi connectivity index (χ2v) is 4.08. The first-order valence-corrected chi connectivity index (χ1v) is 5.42. The maximum absolute atomic E-state index is 6.11. The van der Waals surface area contributed by atoms with Crippen LogP contribution in [-0.4, -0.2) is 16.8 Å². The Kier molecular flexibility index (Phi) is 3.03. The zero-order valence-corrected chi connectivity index (χ0v) is 10.2. The molecule has 1 unspecified atom stereocenters. The van der Waals surface area contributed by atoms with E-state index in [0.717, 1.165) is 17.2 Å². The fourth-order valence-electron chi connectivity index (χ4n) is 1.77. The number of nitrogens with zero attached hydrogens (tertiary/aromatic N) is 2. The molecule has 1 N–H and O–H groups in total. The van der Waals surface area contributed by atoms with Crippen LogP contribution < -0.4 is 5.32 Å². The van der Waals surface area contributed by atoms with Crippen LogP contribution in [0.3, 0.4) is 0 Å². The van der Waals surface area contributed by atoms with Crippen molar-refractivity contribution in [2.75, 3.05) is 7.05 Å². The van der Waals surface area contributed by atoms with Crippen LogP contribution in [-0.2, 0) is 7.05 Å². The largest absolute Gasteiger partial charge is 0.464 e. The van der Waals surface area contributed by atoms with Gasteiger partial charge in [0.05, 0.1) is 16.9 Å². The summed E-state index contributed by atoms with van der Waals surface area (Å²) in [6.45, 7) is 1.92. The van der Waals surface area contributed by atoms with Gasteiger partial charge in [0, 0.05) is 7.05 Å². The van der Waals surface area contributed by atoms with Crippen LogP contribution in [0.15, 0.2) is 22.7 Å². The SMILES string of the molecule is CNC(c1ccc(C)o1)c1c(Cl)cnn1C. The van der Waals surface area contributed by atoms with Crippen LogP contribution >= 0.6 is 11.6 Å². The number of rotatable bonds is 3. The summed E-state index contributed by atoms with van der Waals surface area (Å²) in [5.41, 5.74) is 0.901. The van der Waals surface area contributed by atoms with Crippen molar-refractivity contribution in [3.05, 3.63) is 40.6 Å². The molecule has 0 fully saturated rings. The summed E-state index contributed by atoms with van der Waals surface area (Å²) < 4.78 is 7.36. The fraction of sp³-hybridized carbons (Fsp3) is 0.364. The van der Waals surface area contributed by atoms with Crippen molar-refractivity contribution in [1.29, 1.82) is 0 Å². The van der Waals surface area contributed by atoms with Gasteiger partial charge >= 0.3 is 0 Å².